The Balaban J connectivity index is 0. The van der Waals surface area contributed by atoms with Gasteiger partial charge in [0.15, 0.2) is 0 Å². The van der Waals surface area contributed by atoms with Crippen molar-refractivity contribution in [2.45, 2.75) is 13.8 Å². The highest BCUT2D eigenvalue weighted by atomic mass is 16.7. The first kappa shape index (κ1) is 16.2. The van der Waals surface area contributed by atoms with Crippen molar-refractivity contribution in [2.75, 3.05) is 26.4 Å². The lowest BCUT2D eigenvalue weighted by atomic mass is 10.7. The largest absolute Gasteiger partial charge is 0.508 e. The fraction of sp³-hybridized carbons (Fsp3) is 0.545. The van der Waals surface area contributed by atoms with E-state index in [1.54, 1.807) is 0 Å². The predicted octanol–water partition coefficient (Wildman–Crippen LogP) is 2.55. The second kappa shape index (κ2) is 15.2. The van der Waals surface area contributed by atoms with Crippen LogP contribution in [-0.4, -0.2) is 32.6 Å². The SMILES string of the molecule is C=CCOC(=O)OCC=C.CCOCC. The topological polar surface area (TPSA) is 44.8 Å². The van der Waals surface area contributed by atoms with Crippen LogP contribution >= 0.6 is 0 Å². The Bertz CT molecular complexity index is 150. The molecule has 15 heavy (non-hydrogen) atoms. The van der Waals surface area contributed by atoms with Gasteiger partial charge in [0.2, 0.25) is 0 Å². The third-order valence-electron chi connectivity index (χ3n) is 1.05. The van der Waals surface area contributed by atoms with Gasteiger partial charge in [-0.3, -0.25) is 0 Å². The maximum absolute atomic E-state index is 10.4. The molecule has 0 aliphatic rings. The molecule has 0 bridgehead atoms. The van der Waals surface area contributed by atoms with Crippen LogP contribution in [0, 0.1) is 0 Å². The Morgan fingerprint density at radius 1 is 1.07 bits per heavy atom. The maximum Gasteiger partial charge on any atom is 0.508 e. The number of rotatable bonds is 6. The predicted molar refractivity (Wildman–Crippen MR) is 59.9 cm³/mol. The molecule has 0 aromatic rings. The Hall–Kier alpha value is -1.29. The highest BCUT2D eigenvalue weighted by Gasteiger charge is 1.97. The van der Waals surface area contributed by atoms with Gasteiger partial charge in [-0.2, -0.15) is 0 Å². The molecule has 4 nitrogen and oxygen atoms in total. The summed E-state index contributed by atoms with van der Waals surface area (Å²) in [5.74, 6) is 0. The number of hydrogen-bond acceptors (Lipinski definition) is 4. The van der Waals surface area contributed by atoms with Gasteiger partial charge in [-0.25, -0.2) is 4.79 Å². The van der Waals surface area contributed by atoms with Crippen LogP contribution in [0.25, 0.3) is 0 Å². The third kappa shape index (κ3) is 19.2. The second-order valence-electron chi connectivity index (χ2n) is 2.23. The molecule has 4 heteroatoms. The van der Waals surface area contributed by atoms with Crippen LogP contribution in [0.5, 0.6) is 0 Å². The van der Waals surface area contributed by atoms with E-state index in [0.717, 1.165) is 13.2 Å². The molecule has 0 saturated carbocycles. The van der Waals surface area contributed by atoms with Crippen LogP contribution in [0.3, 0.4) is 0 Å². The van der Waals surface area contributed by atoms with Crippen LogP contribution in [-0.2, 0) is 14.2 Å². The monoisotopic (exact) mass is 216 g/mol. The first-order valence-electron chi connectivity index (χ1n) is 4.81. The molecule has 0 spiro atoms. The van der Waals surface area contributed by atoms with Crippen molar-refractivity contribution in [1.82, 2.24) is 0 Å². The van der Waals surface area contributed by atoms with Crippen molar-refractivity contribution in [3.8, 4) is 0 Å². The molecule has 0 atom stereocenters. The van der Waals surface area contributed by atoms with E-state index in [2.05, 4.69) is 22.6 Å². The zero-order chi connectivity index (χ0) is 11.9. The Morgan fingerprint density at radius 3 is 1.67 bits per heavy atom. The first-order chi connectivity index (χ1) is 7.22. The molecule has 0 heterocycles. The van der Waals surface area contributed by atoms with Crippen molar-refractivity contribution in [3.63, 3.8) is 0 Å². The highest BCUT2D eigenvalue weighted by Crippen LogP contribution is 1.84. The normalized spacial score (nSPS) is 8.13. The summed E-state index contributed by atoms with van der Waals surface area (Å²) in [4.78, 5) is 10.4. The van der Waals surface area contributed by atoms with Crippen LogP contribution in [0.4, 0.5) is 4.79 Å². The Kier molecular flexibility index (Phi) is 16.4. The lowest BCUT2D eigenvalue weighted by Crippen LogP contribution is -2.06. The minimum atomic E-state index is -0.695. The summed E-state index contributed by atoms with van der Waals surface area (Å²) >= 11 is 0. The molecule has 0 amide bonds. The summed E-state index contributed by atoms with van der Waals surface area (Å²) < 4.78 is 13.8. The minimum absolute atomic E-state index is 0.177. The summed E-state index contributed by atoms with van der Waals surface area (Å²) in [6, 6.07) is 0. The smallest absolute Gasteiger partial charge is 0.430 e. The molecule has 0 fully saturated rings. The molecule has 0 aromatic carbocycles. The average Bonchev–Trinajstić information content (AvgIpc) is 2.25. The molecule has 0 aliphatic heterocycles. The van der Waals surface area contributed by atoms with Gasteiger partial charge in [0.05, 0.1) is 0 Å². The van der Waals surface area contributed by atoms with Crippen molar-refractivity contribution in [1.29, 1.82) is 0 Å². The van der Waals surface area contributed by atoms with E-state index in [1.165, 1.54) is 12.2 Å². The second-order valence-corrected chi connectivity index (χ2v) is 2.23. The van der Waals surface area contributed by atoms with Crippen LogP contribution in [0.15, 0.2) is 25.3 Å². The van der Waals surface area contributed by atoms with Gasteiger partial charge in [0.25, 0.3) is 0 Å². The van der Waals surface area contributed by atoms with Gasteiger partial charge in [-0.1, -0.05) is 25.3 Å². The summed E-state index contributed by atoms with van der Waals surface area (Å²) in [6.07, 6.45) is 2.24. The average molecular weight is 216 g/mol. The lowest BCUT2D eigenvalue weighted by Gasteiger charge is -1.99. The van der Waals surface area contributed by atoms with Gasteiger partial charge in [-0.15, -0.1) is 0 Å². The highest BCUT2D eigenvalue weighted by molar-refractivity contribution is 5.60. The summed E-state index contributed by atoms with van der Waals surface area (Å²) in [7, 11) is 0. The van der Waals surface area contributed by atoms with E-state index in [0.29, 0.717) is 0 Å². The van der Waals surface area contributed by atoms with Gasteiger partial charge >= 0.3 is 6.16 Å². The molecule has 0 unspecified atom stereocenters. The number of carbonyl (C=O) groups excluding carboxylic acids is 1. The van der Waals surface area contributed by atoms with Crippen molar-refractivity contribution < 1.29 is 19.0 Å². The van der Waals surface area contributed by atoms with Gasteiger partial charge < -0.3 is 14.2 Å². The zero-order valence-corrected chi connectivity index (χ0v) is 9.53. The molecular formula is C11H20O4. The minimum Gasteiger partial charge on any atom is -0.430 e. The standard InChI is InChI=1S/C7H10O3.C4H10O/c1-3-5-9-7(8)10-6-4-2;1-3-5-4-2/h3-4H,1-2,5-6H2;3-4H2,1-2H3. The van der Waals surface area contributed by atoms with Crippen molar-refractivity contribution in [2.24, 2.45) is 0 Å². The van der Waals surface area contributed by atoms with Gasteiger partial charge in [0, 0.05) is 13.2 Å². The van der Waals surface area contributed by atoms with E-state index in [1.807, 2.05) is 13.8 Å². The van der Waals surface area contributed by atoms with Crippen LogP contribution < -0.4 is 0 Å². The van der Waals surface area contributed by atoms with Crippen LogP contribution in [0.2, 0.25) is 0 Å². The van der Waals surface area contributed by atoms with E-state index in [9.17, 15) is 4.79 Å². The number of ether oxygens (including phenoxy) is 3. The summed E-state index contributed by atoms with van der Waals surface area (Å²) in [5, 5.41) is 0. The van der Waals surface area contributed by atoms with E-state index < -0.39 is 6.16 Å². The van der Waals surface area contributed by atoms with Gasteiger partial charge in [-0.05, 0) is 13.8 Å². The van der Waals surface area contributed by atoms with Gasteiger partial charge in [0.1, 0.15) is 13.2 Å². The summed E-state index contributed by atoms with van der Waals surface area (Å²) in [5.41, 5.74) is 0. The molecular weight excluding hydrogens is 196 g/mol. The first-order valence-corrected chi connectivity index (χ1v) is 4.81. The van der Waals surface area contributed by atoms with Crippen molar-refractivity contribution in [3.05, 3.63) is 25.3 Å². The molecule has 0 aliphatic carbocycles. The fourth-order valence-corrected chi connectivity index (χ4v) is 0.500. The van der Waals surface area contributed by atoms with Crippen LogP contribution in [0.1, 0.15) is 13.8 Å². The van der Waals surface area contributed by atoms with E-state index in [-0.39, 0.29) is 13.2 Å². The van der Waals surface area contributed by atoms with Crippen molar-refractivity contribution >= 4 is 6.16 Å². The molecule has 0 radical (unpaired) electrons. The molecule has 0 saturated heterocycles. The Morgan fingerprint density at radius 2 is 1.47 bits per heavy atom. The zero-order valence-electron chi connectivity index (χ0n) is 9.53. The number of carbonyl (C=O) groups is 1. The number of hydrogen-bond donors (Lipinski definition) is 0. The summed E-state index contributed by atoms with van der Waals surface area (Å²) in [6.45, 7) is 12.7. The maximum atomic E-state index is 10.4. The molecule has 88 valence electrons. The quantitative estimate of drug-likeness (QED) is 0.505. The fourth-order valence-electron chi connectivity index (χ4n) is 0.500. The van der Waals surface area contributed by atoms with E-state index >= 15 is 0 Å². The molecule has 0 N–H and O–H groups in total. The molecule has 0 rings (SSSR count). The van der Waals surface area contributed by atoms with E-state index in [4.69, 9.17) is 4.74 Å². The molecule has 0 aromatic heterocycles. The third-order valence-corrected chi connectivity index (χ3v) is 1.05. The Labute approximate surface area is 91.5 Å². The lowest BCUT2D eigenvalue weighted by molar-refractivity contribution is 0.0718.